The Balaban J connectivity index is 1.47. The normalized spacial score (nSPS) is 33.9. The summed E-state index contributed by atoms with van der Waals surface area (Å²) in [6, 6.07) is 5.95. The van der Waals surface area contributed by atoms with E-state index >= 15 is 0 Å². The Kier molecular flexibility index (Phi) is 3.73. The molecule has 6 heteroatoms. The number of fused-ring (bicyclic) bond motifs is 1. The molecule has 1 aromatic rings. The zero-order valence-electron chi connectivity index (χ0n) is 13.6. The number of carbonyl (C=O) groups excluding carboxylic acids is 2. The Bertz CT molecular complexity index is 704. The maximum atomic E-state index is 12.9. The summed E-state index contributed by atoms with van der Waals surface area (Å²) in [5.74, 6) is 0.243. The molecule has 0 unspecified atom stereocenters. The molecular formula is C18H21BrN2O3. The van der Waals surface area contributed by atoms with Crippen LogP contribution < -0.4 is 5.32 Å². The molecule has 2 aliphatic heterocycles. The highest BCUT2D eigenvalue weighted by Gasteiger charge is 2.44. The van der Waals surface area contributed by atoms with Crippen LogP contribution in [-0.2, 0) is 4.79 Å². The van der Waals surface area contributed by atoms with E-state index in [1.807, 2.05) is 18.2 Å². The zero-order chi connectivity index (χ0) is 17.1. The van der Waals surface area contributed by atoms with Gasteiger partial charge in [-0.3, -0.25) is 9.59 Å². The second-order valence-corrected chi connectivity index (χ2v) is 8.57. The van der Waals surface area contributed by atoms with Crippen LogP contribution in [0.2, 0.25) is 0 Å². The fourth-order valence-corrected chi connectivity index (χ4v) is 4.59. The van der Waals surface area contributed by atoms with Gasteiger partial charge in [0.05, 0.1) is 5.60 Å². The van der Waals surface area contributed by atoms with Crippen LogP contribution in [0.5, 0.6) is 0 Å². The molecule has 128 valence electrons. The number of halogens is 1. The highest BCUT2D eigenvalue weighted by molar-refractivity contribution is 9.10. The standard InChI is InChI=1S/C18H21BrN2O3/c1-18(24)7-12(8-18)20-16(22)9-21-13-4-10(5-13)15-6-11(19)2-3-14(15)17(21)23/h2-3,6,10,12-13,24H,4-5,7-9H2,1H3,(H,20,22). The third-order valence-electron chi connectivity index (χ3n) is 5.55. The van der Waals surface area contributed by atoms with Gasteiger partial charge in [0, 0.05) is 22.1 Å². The molecule has 2 saturated carbocycles. The Morgan fingerprint density at radius 2 is 2.12 bits per heavy atom. The SMILES string of the molecule is CC1(O)CC(NC(=O)CN2C(=O)c3ccc(Br)cc3C3CC2C3)C1. The molecule has 0 spiro atoms. The molecule has 2 aliphatic carbocycles. The number of benzene rings is 1. The van der Waals surface area contributed by atoms with Gasteiger partial charge in [-0.25, -0.2) is 0 Å². The van der Waals surface area contributed by atoms with Crippen LogP contribution >= 0.6 is 15.9 Å². The summed E-state index contributed by atoms with van der Waals surface area (Å²) >= 11 is 3.48. The molecule has 5 rings (SSSR count). The van der Waals surface area contributed by atoms with Crippen molar-refractivity contribution < 1.29 is 14.7 Å². The van der Waals surface area contributed by atoms with E-state index in [9.17, 15) is 14.7 Å². The van der Waals surface area contributed by atoms with Crippen LogP contribution in [0, 0.1) is 0 Å². The van der Waals surface area contributed by atoms with Crippen molar-refractivity contribution in [3.63, 3.8) is 0 Å². The fraction of sp³-hybridized carbons (Fsp3) is 0.556. The second kappa shape index (κ2) is 5.56. The van der Waals surface area contributed by atoms with Crippen molar-refractivity contribution in [3.05, 3.63) is 33.8 Å². The molecule has 0 radical (unpaired) electrons. The van der Waals surface area contributed by atoms with Gasteiger partial charge in [-0.05, 0) is 62.3 Å². The van der Waals surface area contributed by atoms with Crippen molar-refractivity contribution in [1.29, 1.82) is 0 Å². The lowest BCUT2D eigenvalue weighted by Crippen LogP contribution is -2.56. The van der Waals surface area contributed by atoms with Crippen molar-refractivity contribution in [2.75, 3.05) is 6.54 Å². The van der Waals surface area contributed by atoms with E-state index in [0.717, 1.165) is 28.4 Å². The summed E-state index contributed by atoms with van der Waals surface area (Å²) in [5.41, 5.74) is 1.16. The van der Waals surface area contributed by atoms with E-state index in [1.54, 1.807) is 11.8 Å². The Morgan fingerprint density at radius 3 is 2.79 bits per heavy atom. The first-order valence-electron chi connectivity index (χ1n) is 8.44. The highest BCUT2D eigenvalue weighted by Crippen LogP contribution is 2.45. The minimum Gasteiger partial charge on any atom is -0.390 e. The summed E-state index contributed by atoms with van der Waals surface area (Å²) in [5, 5.41) is 12.7. The number of nitrogens with zero attached hydrogens (tertiary/aromatic N) is 1. The number of carbonyl (C=O) groups is 2. The molecule has 2 bridgehead atoms. The number of nitrogens with one attached hydrogen (secondary N) is 1. The van der Waals surface area contributed by atoms with Crippen molar-refractivity contribution in [1.82, 2.24) is 10.2 Å². The maximum Gasteiger partial charge on any atom is 0.254 e. The van der Waals surface area contributed by atoms with E-state index in [4.69, 9.17) is 0 Å². The van der Waals surface area contributed by atoms with Crippen LogP contribution in [0.1, 0.15) is 54.4 Å². The third-order valence-corrected chi connectivity index (χ3v) is 6.04. The van der Waals surface area contributed by atoms with Gasteiger partial charge < -0.3 is 15.3 Å². The van der Waals surface area contributed by atoms with Crippen LogP contribution in [0.15, 0.2) is 22.7 Å². The number of amides is 2. The minimum absolute atomic E-state index is 0.0203. The zero-order valence-corrected chi connectivity index (χ0v) is 15.2. The van der Waals surface area contributed by atoms with Crippen molar-refractivity contribution in [3.8, 4) is 0 Å². The van der Waals surface area contributed by atoms with Crippen LogP contribution in [0.4, 0.5) is 0 Å². The predicted molar refractivity (Wildman–Crippen MR) is 92.7 cm³/mol. The summed E-state index contributed by atoms with van der Waals surface area (Å²) in [4.78, 5) is 26.9. The number of hydrogen-bond donors (Lipinski definition) is 2. The van der Waals surface area contributed by atoms with Gasteiger partial charge >= 0.3 is 0 Å². The van der Waals surface area contributed by atoms with E-state index < -0.39 is 5.60 Å². The first kappa shape index (κ1) is 16.1. The van der Waals surface area contributed by atoms with Gasteiger partial charge in [-0.15, -0.1) is 0 Å². The van der Waals surface area contributed by atoms with Gasteiger partial charge in [0.25, 0.3) is 5.91 Å². The van der Waals surface area contributed by atoms with Gasteiger partial charge in [-0.2, -0.15) is 0 Å². The Morgan fingerprint density at radius 1 is 1.42 bits per heavy atom. The van der Waals surface area contributed by atoms with Gasteiger partial charge in [0.2, 0.25) is 5.91 Å². The topological polar surface area (TPSA) is 69.6 Å². The lowest BCUT2D eigenvalue weighted by molar-refractivity contribution is -0.126. The third kappa shape index (κ3) is 2.75. The predicted octanol–water partition coefficient (Wildman–Crippen LogP) is 2.18. The number of rotatable bonds is 3. The monoisotopic (exact) mass is 392 g/mol. The van der Waals surface area contributed by atoms with Crippen molar-refractivity contribution in [2.45, 2.75) is 56.2 Å². The molecular weight excluding hydrogens is 372 g/mol. The lowest BCUT2D eigenvalue weighted by atomic mass is 9.76. The van der Waals surface area contributed by atoms with E-state index in [1.165, 1.54) is 0 Å². The lowest BCUT2D eigenvalue weighted by Gasteiger charge is -2.42. The summed E-state index contributed by atoms with van der Waals surface area (Å²) < 4.78 is 0.987. The molecule has 4 aliphatic rings. The average Bonchev–Trinajstić information content (AvgIpc) is 2.58. The molecule has 2 heterocycles. The molecule has 2 fully saturated rings. The number of hydrogen-bond acceptors (Lipinski definition) is 3. The molecule has 0 saturated heterocycles. The van der Waals surface area contributed by atoms with Crippen LogP contribution in [-0.4, -0.2) is 46.1 Å². The van der Waals surface area contributed by atoms with E-state index in [0.29, 0.717) is 18.8 Å². The fourth-order valence-electron chi connectivity index (χ4n) is 4.22. The summed E-state index contributed by atoms with van der Waals surface area (Å²) in [6.45, 7) is 1.88. The Hall–Kier alpha value is -1.40. The first-order chi connectivity index (χ1) is 11.3. The quantitative estimate of drug-likeness (QED) is 0.827. The largest absolute Gasteiger partial charge is 0.390 e. The highest BCUT2D eigenvalue weighted by atomic mass is 79.9. The van der Waals surface area contributed by atoms with Crippen LogP contribution in [0.3, 0.4) is 0 Å². The van der Waals surface area contributed by atoms with E-state index in [-0.39, 0.29) is 30.4 Å². The molecule has 24 heavy (non-hydrogen) atoms. The molecule has 2 amide bonds. The molecule has 0 atom stereocenters. The van der Waals surface area contributed by atoms with E-state index in [2.05, 4.69) is 21.2 Å². The smallest absolute Gasteiger partial charge is 0.254 e. The summed E-state index contributed by atoms with van der Waals surface area (Å²) in [7, 11) is 0. The van der Waals surface area contributed by atoms with Gasteiger partial charge in [0.1, 0.15) is 6.54 Å². The van der Waals surface area contributed by atoms with Gasteiger partial charge in [-0.1, -0.05) is 15.9 Å². The average molecular weight is 393 g/mol. The Labute approximate surface area is 149 Å². The molecule has 1 aromatic carbocycles. The van der Waals surface area contributed by atoms with Crippen LogP contribution in [0.25, 0.3) is 0 Å². The molecule has 2 N–H and O–H groups in total. The minimum atomic E-state index is -0.663. The molecule has 0 aromatic heterocycles. The first-order valence-corrected chi connectivity index (χ1v) is 9.24. The summed E-state index contributed by atoms with van der Waals surface area (Å²) in [6.07, 6.45) is 3.02. The molecule has 5 nitrogen and oxygen atoms in total. The number of aliphatic hydroxyl groups is 1. The second-order valence-electron chi connectivity index (χ2n) is 7.66. The maximum absolute atomic E-state index is 12.9. The van der Waals surface area contributed by atoms with Crippen molar-refractivity contribution >= 4 is 27.7 Å². The van der Waals surface area contributed by atoms with Gasteiger partial charge in [0.15, 0.2) is 0 Å². The van der Waals surface area contributed by atoms with Crippen molar-refractivity contribution in [2.24, 2.45) is 0 Å².